The summed E-state index contributed by atoms with van der Waals surface area (Å²) in [6.07, 6.45) is 4.25. The molecule has 0 bridgehead atoms. The van der Waals surface area contributed by atoms with Crippen LogP contribution >= 0.6 is 11.3 Å². The number of rotatable bonds is 4. The third-order valence-corrected chi connectivity index (χ3v) is 9.13. The summed E-state index contributed by atoms with van der Waals surface area (Å²) < 4.78 is 40.1. The molecule has 0 spiro atoms. The van der Waals surface area contributed by atoms with E-state index in [1.165, 1.54) is 26.9 Å². The van der Waals surface area contributed by atoms with Crippen molar-refractivity contribution >= 4 is 31.6 Å². The zero-order chi connectivity index (χ0) is 21.6. The second-order valence-electron chi connectivity index (χ2n) is 8.04. The van der Waals surface area contributed by atoms with Gasteiger partial charge >= 0.3 is 0 Å². The fourth-order valence-electron chi connectivity index (χ4n) is 4.38. The number of nitrogens with one attached hydrogen (secondary N) is 1. The van der Waals surface area contributed by atoms with Gasteiger partial charge in [0, 0.05) is 31.1 Å². The molecular weight excluding hydrogens is 439 g/mol. The highest BCUT2D eigenvalue weighted by molar-refractivity contribution is 7.89. The number of nitrogens with zero attached hydrogens (tertiary/aromatic N) is 3. The van der Waals surface area contributed by atoms with Gasteiger partial charge in [-0.1, -0.05) is 0 Å². The van der Waals surface area contributed by atoms with Gasteiger partial charge in [0.05, 0.1) is 16.8 Å². The number of aryl methyl sites for hydroxylation is 2. The first-order chi connectivity index (χ1) is 14.9. The number of fused-ring (bicyclic) bond motifs is 3. The number of piperazine rings is 1. The van der Waals surface area contributed by atoms with E-state index in [4.69, 9.17) is 4.98 Å². The summed E-state index contributed by atoms with van der Waals surface area (Å²) in [7, 11) is -3.64. The van der Waals surface area contributed by atoms with Crippen molar-refractivity contribution in [1.82, 2.24) is 19.2 Å². The normalized spacial score (nSPS) is 18.4. The molecule has 2 aromatic heterocycles. The van der Waals surface area contributed by atoms with Crippen molar-refractivity contribution in [3.63, 3.8) is 0 Å². The molecule has 2 aliphatic rings. The van der Waals surface area contributed by atoms with Gasteiger partial charge < -0.3 is 4.98 Å². The van der Waals surface area contributed by atoms with Crippen LogP contribution in [0.3, 0.4) is 0 Å². The molecule has 1 aliphatic carbocycles. The van der Waals surface area contributed by atoms with Crippen LogP contribution in [-0.4, -0.2) is 53.8 Å². The van der Waals surface area contributed by atoms with Gasteiger partial charge in [-0.3, -0.25) is 9.69 Å². The molecule has 164 valence electrons. The molecule has 1 saturated heterocycles. The minimum absolute atomic E-state index is 0.0723. The van der Waals surface area contributed by atoms with Crippen LogP contribution < -0.4 is 5.56 Å². The van der Waals surface area contributed by atoms with Crippen LogP contribution in [0.15, 0.2) is 34.0 Å². The van der Waals surface area contributed by atoms with E-state index in [0.717, 1.165) is 48.0 Å². The first kappa shape index (κ1) is 20.7. The number of halogens is 1. The number of benzene rings is 1. The number of hydrogen-bond donors (Lipinski definition) is 1. The van der Waals surface area contributed by atoms with E-state index in [-0.39, 0.29) is 10.5 Å². The van der Waals surface area contributed by atoms with Crippen molar-refractivity contribution in [3.05, 3.63) is 56.7 Å². The Kier molecular flexibility index (Phi) is 5.41. The molecule has 10 heteroatoms. The third-order valence-electron chi connectivity index (χ3n) is 6.03. The second kappa shape index (κ2) is 8.09. The van der Waals surface area contributed by atoms with Gasteiger partial charge in [-0.25, -0.2) is 17.8 Å². The van der Waals surface area contributed by atoms with E-state index in [1.54, 1.807) is 11.3 Å². The Morgan fingerprint density at radius 3 is 2.52 bits per heavy atom. The van der Waals surface area contributed by atoms with E-state index < -0.39 is 15.8 Å². The SMILES string of the molecule is O=c1[nH]c(CN2CCN(S(=O)(=O)c3ccc(F)cc3)CC2)nc2sc3c(c12)CCCC3. The van der Waals surface area contributed by atoms with Crippen LogP contribution in [-0.2, 0) is 29.4 Å². The Hall–Kier alpha value is -2.14. The zero-order valence-electron chi connectivity index (χ0n) is 16.9. The van der Waals surface area contributed by atoms with Crippen LogP contribution in [0.2, 0.25) is 0 Å². The molecule has 3 heterocycles. The number of aromatic nitrogens is 2. The zero-order valence-corrected chi connectivity index (χ0v) is 18.6. The molecule has 1 fully saturated rings. The van der Waals surface area contributed by atoms with E-state index in [2.05, 4.69) is 9.88 Å². The van der Waals surface area contributed by atoms with Gasteiger partial charge in [-0.2, -0.15) is 4.31 Å². The summed E-state index contributed by atoms with van der Waals surface area (Å²) in [6, 6.07) is 4.90. The maximum atomic E-state index is 13.1. The van der Waals surface area contributed by atoms with Crippen molar-refractivity contribution in [1.29, 1.82) is 0 Å². The summed E-state index contributed by atoms with van der Waals surface area (Å²) >= 11 is 1.63. The van der Waals surface area contributed by atoms with E-state index >= 15 is 0 Å². The number of hydrogen-bond acceptors (Lipinski definition) is 6. The number of thiophene rings is 1. The number of H-pyrrole nitrogens is 1. The predicted octanol–water partition coefficient (Wildman–Crippen LogP) is 2.51. The summed E-state index contributed by atoms with van der Waals surface area (Å²) in [4.78, 5) is 24.7. The molecule has 0 radical (unpaired) electrons. The molecule has 31 heavy (non-hydrogen) atoms. The molecular formula is C21H23FN4O3S2. The molecule has 5 rings (SSSR count). The van der Waals surface area contributed by atoms with Crippen LogP contribution in [0.5, 0.6) is 0 Å². The van der Waals surface area contributed by atoms with Crippen LogP contribution in [0.25, 0.3) is 10.2 Å². The molecule has 3 aromatic rings. The Balaban J connectivity index is 1.29. The average molecular weight is 463 g/mol. The fourth-order valence-corrected chi connectivity index (χ4v) is 7.08. The highest BCUT2D eigenvalue weighted by Crippen LogP contribution is 2.33. The van der Waals surface area contributed by atoms with Gasteiger partial charge in [-0.05, 0) is 55.5 Å². The summed E-state index contributed by atoms with van der Waals surface area (Å²) in [5.74, 6) is 0.153. The van der Waals surface area contributed by atoms with Crippen LogP contribution in [0, 0.1) is 5.82 Å². The van der Waals surface area contributed by atoms with E-state index in [1.807, 2.05) is 0 Å². The van der Waals surface area contributed by atoms with Gasteiger partial charge in [-0.15, -0.1) is 11.3 Å². The van der Waals surface area contributed by atoms with Crippen molar-refractivity contribution in [3.8, 4) is 0 Å². The van der Waals surface area contributed by atoms with Gasteiger partial charge in [0.25, 0.3) is 5.56 Å². The van der Waals surface area contributed by atoms with Crippen LogP contribution in [0.4, 0.5) is 4.39 Å². The van der Waals surface area contributed by atoms with Crippen molar-refractivity contribution < 1.29 is 12.8 Å². The topological polar surface area (TPSA) is 86.4 Å². The van der Waals surface area contributed by atoms with Crippen molar-refractivity contribution in [2.75, 3.05) is 26.2 Å². The molecule has 0 saturated carbocycles. The average Bonchev–Trinajstić information content (AvgIpc) is 3.13. The monoisotopic (exact) mass is 462 g/mol. The molecule has 1 aliphatic heterocycles. The standard InChI is InChI=1S/C21H23FN4O3S2/c22-14-5-7-15(8-6-14)31(28,29)26-11-9-25(10-12-26)13-18-23-20(27)19-16-3-1-2-4-17(16)30-21(19)24-18/h5-8H,1-4,9-13H2,(H,23,24,27). The van der Waals surface area contributed by atoms with Crippen molar-refractivity contribution in [2.24, 2.45) is 0 Å². The smallest absolute Gasteiger partial charge is 0.259 e. The lowest BCUT2D eigenvalue weighted by molar-refractivity contribution is 0.178. The first-order valence-corrected chi connectivity index (χ1v) is 12.7. The summed E-state index contributed by atoms with van der Waals surface area (Å²) in [5.41, 5.74) is 1.10. The Morgan fingerprint density at radius 2 is 1.77 bits per heavy atom. The highest BCUT2D eigenvalue weighted by atomic mass is 32.2. The van der Waals surface area contributed by atoms with Gasteiger partial charge in [0.15, 0.2) is 0 Å². The van der Waals surface area contributed by atoms with Gasteiger partial charge in [0.2, 0.25) is 10.0 Å². The summed E-state index contributed by atoms with van der Waals surface area (Å²) in [5, 5.41) is 0.749. The Morgan fingerprint density at radius 1 is 1.06 bits per heavy atom. The van der Waals surface area contributed by atoms with E-state index in [9.17, 15) is 17.6 Å². The Bertz CT molecular complexity index is 1280. The number of sulfonamides is 1. The van der Waals surface area contributed by atoms with Gasteiger partial charge in [0.1, 0.15) is 16.5 Å². The summed E-state index contributed by atoms with van der Waals surface area (Å²) in [6.45, 7) is 2.20. The maximum Gasteiger partial charge on any atom is 0.259 e. The molecule has 0 atom stereocenters. The predicted molar refractivity (Wildman–Crippen MR) is 117 cm³/mol. The fraction of sp³-hybridized carbons (Fsp3) is 0.429. The minimum Gasteiger partial charge on any atom is -0.309 e. The largest absolute Gasteiger partial charge is 0.309 e. The minimum atomic E-state index is -3.64. The highest BCUT2D eigenvalue weighted by Gasteiger charge is 2.29. The lowest BCUT2D eigenvalue weighted by Crippen LogP contribution is -2.48. The number of aromatic amines is 1. The quantitative estimate of drug-likeness (QED) is 0.644. The maximum absolute atomic E-state index is 13.1. The molecule has 1 N–H and O–H groups in total. The lowest BCUT2D eigenvalue weighted by Gasteiger charge is -2.33. The Labute approximate surface area is 183 Å². The molecule has 0 unspecified atom stereocenters. The lowest BCUT2D eigenvalue weighted by atomic mass is 9.97. The molecule has 0 amide bonds. The molecule has 7 nitrogen and oxygen atoms in total. The molecule has 1 aromatic carbocycles. The van der Waals surface area contributed by atoms with Crippen LogP contribution in [0.1, 0.15) is 29.1 Å². The second-order valence-corrected chi connectivity index (χ2v) is 11.1. The third kappa shape index (κ3) is 3.93. The first-order valence-electron chi connectivity index (χ1n) is 10.4. The van der Waals surface area contributed by atoms with Crippen molar-refractivity contribution in [2.45, 2.75) is 37.1 Å². The van der Waals surface area contributed by atoms with E-state index in [0.29, 0.717) is 38.5 Å².